The van der Waals surface area contributed by atoms with Gasteiger partial charge in [0.25, 0.3) is 0 Å². The third-order valence-electron chi connectivity index (χ3n) is 2.04. The van der Waals surface area contributed by atoms with E-state index in [-0.39, 0.29) is 11.9 Å². The molecule has 0 fully saturated rings. The number of likely N-dealkylation sites (N-methyl/N-ethyl adjacent to an activating group) is 2. The van der Waals surface area contributed by atoms with Gasteiger partial charge in [-0.05, 0) is 27.9 Å². The van der Waals surface area contributed by atoms with Crippen molar-refractivity contribution in [3.05, 3.63) is 0 Å². The molecule has 2 atom stereocenters. The van der Waals surface area contributed by atoms with E-state index in [4.69, 9.17) is 5.11 Å². The van der Waals surface area contributed by atoms with Crippen LogP contribution in [0.1, 0.15) is 13.8 Å². The molecule has 0 radical (unpaired) electrons. The van der Waals surface area contributed by atoms with Crippen LogP contribution in [-0.2, 0) is 4.79 Å². The lowest BCUT2D eigenvalue weighted by Crippen LogP contribution is -2.45. The van der Waals surface area contributed by atoms with Crippen molar-refractivity contribution in [1.29, 1.82) is 0 Å². The van der Waals surface area contributed by atoms with Crippen LogP contribution >= 0.6 is 0 Å². The van der Waals surface area contributed by atoms with Gasteiger partial charge in [0.1, 0.15) is 6.23 Å². The van der Waals surface area contributed by atoms with Gasteiger partial charge in [0, 0.05) is 7.05 Å². The Hall–Kier alpha value is -0.610. The summed E-state index contributed by atoms with van der Waals surface area (Å²) in [6, 6.07) is -0.190. The van der Waals surface area contributed by atoms with Gasteiger partial charge in [0.2, 0.25) is 5.91 Å². The second-order valence-electron chi connectivity index (χ2n) is 3.22. The lowest BCUT2D eigenvalue weighted by Gasteiger charge is -2.27. The number of aliphatic hydroxyl groups is 1. The van der Waals surface area contributed by atoms with Crippen molar-refractivity contribution >= 4 is 5.91 Å². The van der Waals surface area contributed by atoms with Gasteiger partial charge in [-0.1, -0.05) is 0 Å². The Morgan fingerprint density at radius 2 is 1.67 bits per heavy atom. The summed E-state index contributed by atoms with van der Waals surface area (Å²) < 4.78 is 0. The van der Waals surface area contributed by atoms with E-state index in [9.17, 15) is 4.79 Å². The summed E-state index contributed by atoms with van der Waals surface area (Å²) in [4.78, 5) is 14.6. The average Bonchev–Trinajstić information content (AvgIpc) is 2.00. The predicted octanol–water partition coefficient (Wildman–Crippen LogP) is -0.267. The number of carbonyl (C=O) groups excluding carboxylic acids is 1. The van der Waals surface area contributed by atoms with Crippen LogP contribution in [0.4, 0.5) is 0 Å². The van der Waals surface area contributed by atoms with E-state index in [0.29, 0.717) is 0 Å². The van der Waals surface area contributed by atoms with Crippen molar-refractivity contribution in [2.24, 2.45) is 0 Å². The average molecular weight is 174 g/mol. The van der Waals surface area contributed by atoms with Gasteiger partial charge in [0.05, 0.1) is 6.04 Å². The van der Waals surface area contributed by atoms with Crippen molar-refractivity contribution < 1.29 is 9.90 Å². The van der Waals surface area contributed by atoms with Crippen LogP contribution in [0, 0.1) is 0 Å². The normalized spacial score (nSPS) is 15.9. The molecule has 72 valence electrons. The Morgan fingerprint density at radius 1 is 1.25 bits per heavy atom. The first-order valence-corrected chi connectivity index (χ1v) is 3.99. The molecule has 0 aliphatic rings. The summed E-state index contributed by atoms with van der Waals surface area (Å²) in [6.07, 6.45) is -0.722. The zero-order chi connectivity index (χ0) is 9.89. The molecule has 0 aromatic heterocycles. The van der Waals surface area contributed by atoms with Crippen LogP contribution in [-0.4, -0.2) is 54.2 Å². The molecule has 0 aromatic rings. The fourth-order valence-electron chi connectivity index (χ4n) is 0.700. The third-order valence-corrected chi connectivity index (χ3v) is 2.04. The van der Waals surface area contributed by atoms with E-state index >= 15 is 0 Å². The van der Waals surface area contributed by atoms with Gasteiger partial charge in [-0.25, -0.2) is 0 Å². The minimum Gasteiger partial charge on any atom is -0.374 e. The Morgan fingerprint density at radius 3 is 1.92 bits per heavy atom. The molecule has 4 heteroatoms. The van der Waals surface area contributed by atoms with E-state index in [1.165, 1.54) is 4.90 Å². The molecule has 0 aromatic carbocycles. The molecule has 1 amide bonds. The van der Waals surface area contributed by atoms with Crippen LogP contribution in [0.15, 0.2) is 0 Å². The van der Waals surface area contributed by atoms with Gasteiger partial charge >= 0.3 is 0 Å². The molecular weight excluding hydrogens is 156 g/mol. The first-order valence-electron chi connectivity index (χ1n) is 3.99. The summed E-state index contributed by atoms with van der Waals surface area (Å²) in [5, 5.41) is 9.11. The highest BCUT2D eigenvalue weighted by atomic mass is 16.3. The number of amides is 1. The summed E-state index contributed by atoms with van der Waals surface area (Å²) in [5.41, 5.74) is 0. The summed E-state index contributed by atoms with van der Waals surface area (Å²) in [6.45, 7) is 3.38. The predicted molar refractivity (Wildman–Crippen MR) is 47.6 cm³/mol. The molecule has 2 unspecified atom stereocenters. The van der Waals surface area contributed by atoms with Gasteiger partial charge < -0.3 is 10.0 Å². The van der Waals surface area contributed by atoms with E-state index in [2.05, 4.69) is 0 Å². The zero-order valence-corrected chi connectivity index (χ0v) is 8.40. The molecule has 0 spiro atoms. The van der Waals surface area contributed by atoms with E-state index in [0.717, 1.165) is 0 Å². The molecule has 0 bridgehead atoms. The van der Waals surface area contributed by atoms with Gasteiger partial charge in [-0.2, -0.15) is 0 Å². The molecule has 0 rings (SSSR count). The van der Waals surface area contributed by atoms with Crippen molar-refractivity contribution in [1.82, 2.24) is 9.80 Å². The third kappa shape index (κ3) is 2.79. The highest BCUT2D eigenvalue weighted by Crippen LogP contribution is 2.00. The van der Waals surface area contributed by atoms with Gasteiger partial charge in [0.15, 0.2) is 0 Å². The summed E-state index contributed by atoms with van der Waals surface area (Å²) in [5.74, 6) is -0.0741. The summed E-state index contributed by atoms with van der Waals surface area (Å²) in [7, 11) is 5.25. The Balaban J connectivity index is 4.19. The number of hydrogen-bond acceptors (Lipinski definition) is 3. The van der Waals surface area contributed by atoms with Crippen LogP contribution in [0.3, 0.4) is 0 Å². The van der Waals surface area contributed by atoms with Gasteiger partial charge in [-0.15, -0.1) is 0 Å². The number of rotatable bonds is 3. The number of nitrogens with zero attached hydrogens (tertiary/aromatic N) is 2. The van der Waals surface area contributed by atoms with Crippen LogP contribution < -0.4 is 0 Å². The highest BCUT2D eigenvalue weighted by molar-refractivity contribution is 5.81. The monoisotopic (exact) mass is 174 g/mol. The smallest absolute Gasteiger partial charge is 0.241 e. The standard InChI is InChI=1S/C8H18N2O2/c1-6(9(3)4)8(12)10(5)7(2)11/h6-7,11H,1-5H3. The Kier molecular flexibility index (Phi) is 4.20. The fraction of sp³-hybridized carbons (Fsp3) is 0.875. The minimum atomic E-state index is -0.722. The lowest BCUT2D eigenvalue weighted by atomic mass is 10.2. The number of carbonyl (C=O) groups is 1. The van der Waals surface area contributed by atoms with Crippen molar-refractivity contribution in [3.63, 3.8) is 0 Å². The maximum atomic E-state index is 11.5. The molecule has 4 nitrogen and oxygen atoms in total. The Labute approximate surface area is 73.8 Å². The molecule has 0 saturated heterocycles. The second-order valence-corrected chi connectivity index (χ2v) is 3.22. The van der Waals surface area contributed by atoms with Crippen molar-refractivity contribution in [3.8, 4) is 0 Å². The Bertz CT molecular complexity index is 141. The molecule has 1 N–H and O–H groups in total. The van der Waals surface area contributed by atoms with Crippen LogP contribution in [0.2, 0.25) is 0 Å². The highest BCUT2D eigenvalue weighted by Gasteiger charge is 2.21. The molecule has 0 heterocycles. The molecule has 0 aliphatic heterocycles. The molecule has 0 aliphatic carbocycles. The zero-order valence-electron chi connectivity index (χ0n) is 8.40. The van der Waals surface area contributed by atoms with Crippen LogP contribution in [0.25, 0.3) is 0 Å². The molecule has 0 saturated carbocycles. The quantitative estimate of drug-likeness (QED) is 0.599. The van der Waals surface area contributed by atoms with E-state index < -0.39 is 6.23 Å². The topological polar surface area (TPSA) is 43.8 Å². The molecular formula is C8H18N2O2. The largest absolute Gasteiger partial charge is 0.374 e. The van der Waals surface area contributed by atoms with Crippen LogP contribution in [0.5, 0.6) is 0 Å². The minimum absolute atomic E-state index is 0.0741. The van der Waals surface area contributed by atoms with Gasteiger partial charge in [-0.3, -0.25) is 9.69 Å². The first kappa shape index (κ1) is 11.4. The second kappa shape index (κ2) is 4.42. The maximum Gasteiger partial charge on any atom is 0.241 e. The maximum absolute atomic E-state index is 11.5. The van der Waals surface area contributed by atoms with Crippen molar-refractivity contribution in [2.45, 2.75) is 26.1 Å². The summed E-state index contributed by atoms with van der Waals surface area (Å²) >= 11 is 0. The number of hydrogen-bond donors (Lipinski definition) is 1. The number of aliphatic hydroxyl groups excluding tert-OH is 1. The fourth-order valence-corrected chi connectivity index (χ4v) is 0.700. The molecule has 12 heavy (non-hydrogen) atoms. The van der Waals surface area contributed by atoms with Crippen molar-refractivity contribution in [2.75, 3.05) is 21.1 Å². The lowest BCUT2D eigenvalue weighted by molar-refractivity contribution is -0.142. The SMILES string of the molecule is CC(C(=O)N(C)C(C)O)N(C)C. The first-order chi connectivity index (χ1) is 5.37. The van der Waals surface area contributed by atoms with E-state index in [1.54, 1.807) is 25.8 Å². The van der Waals surface area contributed by atoms with E-state index in [1.807, 2.05) is 14.1 Å².